The van der Waals surface area contributed by atoms with E-state index in [1.807, 2.05) is 13.8 Å². The van der Waals surface area contributed by atoms with Gasteiger partial charge < -0.3 is 15.0 Å². The topological polar surface area (TPSA) is 61.9 Å². The summed E-state index contributed by atoms with van der Waals surface area (Å²) in [6.07, 6.45) is 0.316. The van der Waals surface area contributed by atoms with E-state index in [0.29, 0.717) is 19.5 Å². The second-order valence-corrected chi connectivity index (χ2v) is 7.86. The van der Waals surface area contributed by atoms with E-state index in [-0.39, 0.29) is 29.8 Å². The maximum Gasteiger partial charge on any atom is 0.225 e. The summed E-state index contributed by atoms with van der Waals surface area (Å²) in [5.74, 6) is -0.187. The zero-order valence-corrected chi connectivity index (χ0v) is 16.6. The summed E-state index contributed by atoms with van der Waals surface area (Å²) in [6.45, 7) is 10.3. The van der Waals surface area contributed by atoms with Crippen LogP contribution in [0.2, 0.25) is 0 Å². The molecule has 0 spiro atoms. The minimum absolute atomic E-state index is 0.0168. The molecule has 1 N–H and O–H groups in total. The van der Waals surface area contributed by atoms with E-state index in [1.165, 1.54) is 11.1 Å². The maximum absolute atomic E-state index is 12.7. The molecule has 2 atom stereocenters. The maximum atomic E-state index is 12.7. The van der Waals surface area contributed by atoms with E-state index in [9.17, 15) is 9.59 Å². The van der Waals surface area contributed by atoms with Crippen molar-refractivity contribution >= 4 is 11.8 Å². The fraction of sp³-hybridized carbons (Fsp3) is 0.619. The van der Waals surface area contributed by atoms with Crippen molar-refractivity contribution in [1.29, 1.82) is 0 Å². The van der Waals surface area contributed by atoms with E-state index >= 15 is 0 Å². The average molecular weight is 373 g/mol. The molecule has 0 saturated carbocycles. The number of carbonyl (C=O) groups is 2. The molecule has 2 unspecified atom stereocenters. The van der Waals surface area contributed by atoms with Crippen molar-refractivity contribution in [3.8, 4) is 0 Å². The standard InChI is InChI=1S/C21H31N3O3/c1-15(2)24-14-18(12-20(24)25)21(26)22-13-19(23-8-10-27-11-9-23)17-6-4-16(3)5-7-17/h4-7,15,18-19H,8-14H2,1-3H3,(H,22,26). The van der Waals surface area contributed by atoms with Crippen molar-refractivity contribution < 1.29 is 14.3 Å². The van der Waals surface area contributed by atoms with Gasteiger partial charge in [-0.15, -0.1) is 0 Å². The quantitative estimate of drug-likeness (QED) is 0.825. The second-order valence-electron chi connectivity index (χ2n) is 7.86. The van der Waals surface area contributed by atoms with Gasteiger partial charge in [-0.25, -0.2) is 0 Å². The van der Waals surface area contributed by atoms with E-state index in [1.54, 1.807) is 4.90 Å². The highest BCUT2D eigenvalue weighted by Gasteiger charge is 2.35. The molecule has 27 heavy (non-hydrogen) atoms. The third-order valence-corrected chi connectivity index (χ3v) is 5.57. The summed E-state index contributed by atoms with van der Waals surface area (Å²) >= 11 is 0. The van der Waals surface area contributed by atoms with Crippen LogP contribution in [-0.4, -0.2) is 67.0 Å². The number of carbonyl (C=O) groups excluding carboxylic acids is 2. The van der Waals surface area contributed by atoms with Crippen LogP contribution in [0.1, 0.15) is 37.4 Å². The number of aryl methyl sites for hydroxylation is 1. The highest BCUT2D eigenvalue weighted by Crippen LogP contribution is 2.23. The summed E-state index contributed by atoms with van der Waals surface area (Å²) < 4.78 is 5.49. The molecule has 2 heterocycles. The number of nitrogens with zero attached hydrogens (tertiary/aromatic N) is 2. The van der Waals surface area contributed by atoms with Gasteiger partial charge in [-0.3, -0.25) is 14.5 Å². The number of amides is 2. The first-order valence-electron chi connectivity index (χ1n) is 9.91. The first-order chi connectivity index (χ1) is 13.0. The van der Waals surface area contributed by atoms with Crippen LogP contribution in [0.5, 0.6) is 0 Å². The molecule has 1 aromatic carbocycles. The molecule has 0 aromatic heterocycles. The van der Waals surface area contributed by atoms with Crippen LogP contribution >= 0.6 is 0 Å². The fourth-order valence-corrected chi connectivity index (χ4v) is 3.88. The first-order valence-corrected chi connectivity index (χ1v) is 9.91. The third-order valence-electron chi connectivity index (χ3n) is 5.57. The van der Waals surface area contributed by atoms with Crippen LogP contribution in [0.25, 0.3) is 0 Å². The molecule has 2 aliphatic heterocycles. The molecule has 0 bridgehead atoms. The van der Waals surface area contributed by atoms with E-state index in [0.717, 1.165) is 26.3 Å². The molecule has 0 aliphatic carbocycles. The van der Waals surface area contributed by atoms with Gasteiger partial charge in [0.15, 0.2) is 0 Å². The van der Waals surface area contributed by atoms with E-state index in [4.69, 9.17) is 4.74 Å². The molecule has 6 heteroatoms. The summed E-state index contributed by atoms with van der Waals surface area (Å²) in [6, 6.07) is 8.77. The Hall–Kier alpha value is -1.92. The zero-order chi connectivity index (χ0) is 19.4. The predicted molar refractivity (Wildman–Crippen MR) is 104 cm³/mol. The van der Waals surface area contributed by atoms with Gasteiger partial charge in [-0.05, 0) is 26.3 Å². The van der Waals surface area contributed by atoms with Gasteiger partial charge in [0, 0.05) is 38.6 Å². The van der Waals surface area contributed by atoms with Crippen LogP contribution < -0.4 is 5.32 Å². The SMILES string of the molecule is Cc1ccc(C(CNC(=O)C2CC(=O)N(C(C)C)C2)N2CCOCC2)cc1. The van der Waals surface area contributed by atoms with Crippen molar-refractivity contribution in [2.45, 2.75) is 39.3 Å². The number of morpholine rings is 1. The lowest BCUT2D eigenvalue weighted by Crippen LogP contribution is -2.45. The molecule has 1 aromatic rings. The molecule has 148 valence electrons. The van der Waals surface area contributed by atoms with E-state index < -0.39 is 0 Å². The largest absolute Gasteiger partial charge is 0.379 e. The number of likely N-dealkylation sites (tertiary alicyclic amines) is 1. The van der Waals surface area contributed by atoms with Gasteiger partial charge in [-0.2, -0.15) is 0 Å². The highest BCUT2D eigenvalue weighted by atomic mass is 16.5. The van der Waals surface area contributed by atoms with Crippen molar-refractivity contribution in [3.05, 3.63) is 35.4 Å². The number of hydrogen-bond acceptors (Lipinski definition) is 4. The molecule has 6 nitrogen and oxygen atoms in total. The Bertz CT molecular complexity index is 653. The summed E-state index contributed by atoms with van der Waals surface area (Å²) in [4.78, 5) is 29.0. The van der Waals surface area contributed by atoms with Gasteiger partial charge in [0.25, 0.3) is 0 Å². The Morgan fingerprint density at radius 2 is 1.89 bits per heavy atom. The van der Waals surface area contributed by atoms with Crippen LogP contribution in [0, 0.1) is 12.8 Å². The van der Waals surface area contributed by atoms with Gasteiger partial charge >= 0.3 is 0 Å². The number of ether oxygens (including phenoxy) is 1. The van der Waals surface area contributed by atoms with Crippen molar-refractivity contribution in [1.82, 2.24) is 15.1 Å². The van der Waals surface area contributed by atoms with Gasteiger partial charge in [0.1, 0.15) is 0 Å². The predicted octanol–water partition coefficient (Wildman–Crippen LogP) is 1.74. The Kier molecular flexibility index (Phi) is 6.50. The van der Waals surface area contributed by atoms with Crippen LogP contribution in [0.4, 0.5) is 0 Å². The normalized spacial score (nSPS) is 22.3. The van der Waals surface area contributed by atoms with Crippen molar-refractivity contribution in [3.63, 3.8) is 0 Å². The zero-order valence-electron chi connectivity index (χ0n) is 16.6. The number of nitrogens with one attached hydrogen (secondary N) is 1. The molecular weight excluding hydrogens is 342 g/mol. The lowest BCUT2D eigenvalue weighted by molar-refractivity contribution is -0.130. The van der Waals surface area contributed by atoms with E-state index in [2.05, 4.69) is 41.4 Å². The smallest absolute Gasteiger partial charge is 0.225 e. The average Bonchev–Trinajstić information content (AvgIpc) is 3.06. The fourth-order valence-electron chi connectivity index (χ4n) is 3.88. The van der Waals surface area contributed by atoms with Crippen LogP contribution in [0.15, 0.2) is 24.3 Å². The highest BCUT2D eigenvalue weighted by molar-refractivity contribution is 5.89. The van der Waals surface area contributed by atoms with Crippen LogP contribution in [0.3, 0.4) is 0 Å². The van der Waals surface area contributed by atoms with Crippen molar-refractivity contribution in [2.75, 3.05) is 39.4 Å². The molecule has 2 saturated heterocycles. The third kappa shape index (κ3) is 4.87. The molecule has 0 radical (unpaired) electrons. The summed E-state index contributed by atoms with van der Waals surface area (Å²) in [5, 5.41) is 3.11. The molecule has 3 rings (SSSR count). The van der Waals surface area contributed by atoms with Gasteiger partial charge in [0.2, 0.25) is 11.8 Å². The molecule has 2 aliphatic rings. The minimum atomic E-state index is -0.247. The molecular formula is C21H31N3O3. The lowest BCUT2D eigenvalue weighted by Gasteiger charge is -2.35. The monoisotopic (exact) mass is 373 g/mol. The molecule has 2 amide bonds. The Labute approximate surface area is 161 Å². The van der Waals surface area contributed by atoms with Gasteiger partial charge in [0.05, 0.1) is 25.2 Å². The number of rotatable bonds is 6. The van der Waals surface area contributed by atoms with Crippen LogP contribution in [-0.2, 0) is 14.3 Å². The summed E-state index contributed by atoms with van der Waals surface area (Å²) in [5.41, 5.74) is 2.43. The number of benzene rings is 1. The van der Waals surface area contributed by atoms with Gasteiger partial charge in [-0.1, -0.05) is 29.8 Å². The Balaban J connectivity index is 1.64. The summed E-state index contributed by atoms with van der Waals surface area (Å²) in [7, 11) is 0. The lowest BCUT2D eigenvalue weighted by atomic mass is 10.0. The molecule has 2 fully saturated rings. The first kappa shape index (κ1) is 19.8. The second kappa shape index (κ2) is 8.85. The number of hydrogen-bond donors (Lipinski definition) is 1. The Morgan fingerprint density at radius 1 is 1.22 bits per heavy atom. The minimum Gasteiger partial charge on any atom is -0.379 e. The Morgan fingerprint density at radius 3 is 2.48 bits per heavy atom. The van der Waals surface area contributed by atoms with Crippen molar-refractivity contribution in [2.24, 2.45) is 5.92 Å².